The van der Waals surface area contributed by atoms with Crippen LogP contribution in [0.5, 0.6) is 0 Å². The van der Waals surface area contributed by atoms with Gasteiger partial charge in [-0.25, -0.2) is 0 Å². The largest absolute Gasteiger partial charge is 0.406 e. The zero-order valence-corrected chi connectivity index (χ0v) is 7.02. The van der Waals surface area contributed by atoms with E-state index >= 15 is 0 Å². The van der Waals surface area contributed by atoms with E-state index in [0.29, 0.717) is 12.8 Å². The summed E-state index contributed by atoms with van der Waals surface area (Å²) in [4.78, 5) is 10.9. The summed E-state index contributed by atoms with van der Waals surface area (Å²) in [6, 6.07) is -0.655. The molecule has 7 heteroatoms. The molecule has 2 nitrogen and oxygen atoms in total. The highest BCUT2D eigenvalue weighted by molar-refractivity contribution is 5.80. The Kier molecular flexibility index (Phi) is 2.96. The van der Waals surface area contributed by atoms with Gasteiger partial charge in [-0.1, -0.05) is 0 Å². The van der Waals surface area contributed by atoms with Gasteiger partial charge in [-0.15, -0.1) is 0 Å². The molecular weight excluding hydrogens is 209 g/mol. The van der Waals surface area contributed by atoms with Gasteiger partial charge < -0.3 is 4.90 Å². The summed E-state index contributed by atoms with van der Waals surface area (Å²) in [6.45, 7) is -1.58. The highest BCUT2D eigenvalue weighted by Gasteiger charge is 2.42. The van der Waals surface area contributed by atoms with Crippen LogP contribution in [-0.4, -0.2) is 36.0 Å². The van der Waals surface area contributed by atoms with Crippen LogP contribution >= 0.6 is 0 Å². The summed E-state index contributed by atoms with van der Waals surface area (Å²) >= 11 is 0. The molecule has 0 atom stereocenters. The second-order valence-corrected chi connectivity index (χ2v) is 3.11. The summed E-state index contributed by atoms with van der Waals surface area (Å²) in [5, 5.41) is 0. The normalized spacial score (nSPS) is 17.3. The SMILES string of the molecule is O=C(C(F)F)N(CC(F)(F)F)C1CC1. The molecule has 0 spiro atoms. The Labute approximate surface area is 76.7 Å². The van der Waals surface area contributed by atoms with Crippen LogP contribution in [0.3, 0.4) is 0 Å². The van der Waals surface area contributed by atoms with E-state index in [1.165, 1.54) is 0 Å². The highest BCUT2D eigenvalue weighted by atomic mass is 19.4. The van der Waals surface area contributed by atoms with Crippen molar-refractivity contribution in [2.75, 3.05) is 6.54 Å². The number of halogens is 5. The number of rotatable bonds is 3. The number of carbonyl (C=O) groups excluding carboxylic acids is 1. The summed E-state index contributed by atoms with van der Waals surface area (Å²) in [6.07, 6.45) is -7.24. The first-order valence-corrected chi connectivity index (χ1v) is 3.96. The van der Waals surface area contributed by atoms with Crippen molar-refractivity contribution in [3.63, 3.8) is 0 Å². The van der Waals surface area contributed by atoms with E-state index in [-0.39, 0.29) is 4.90 Å². The number of alkyl halides is 5. The number of amides is 1. The number of nitrogens with zero attached hydrogens (tertiary/aromatic N) is 1. The average molecular weight is 217 g/mol. The molecule has 0 bridgehead atoms. The predicted octanol–water partition coefficient (Wildman–Crippen LogP) is 1.80. The van der Waals surface area contributed by atoms with Crippen molar-refractivity contribution >= 4 is 5.91 Å². The Morgan fingerprint density at radius 1 is 1.36 bits per heavy atom. The molecule has 0 heterocycles. The fraction of sp³-hybridized carbons (Fsp3) is 0.857. The topological polar surface area (TPSA) is 20.3 Å². The standard InChI is InChI=1S/C7H8F5NO/c8-5(9)6(14)13(4-1-2-4)3-7(10,11)12/h4-5H,1-3H2. The second-order valence-electron chi connectivity index (χ2n) is 3.11. The lowest BCUT2D eigenvalue weighted by molar-refractivity contribution is -0.169. The zero-order valence-electron chi connectivity index (χ0n) is 7.02. The van der Waals surface area contributed by atoms with E-state index in [0.717, 1.165) is 0 Å². The Balaban J connectivity index is 2.60. The smallest absolute Gasteiger partial charge is 0.326 e. The molecule has 0 N–H and O–H groups in total. The maximum Gasteiger partial charge on any atom is 0.406 e. The van der Waals surface area contributed by atoms with Crippen LogP contribution in [0.25, 0.3) is 0 Å². The second kappa shape index (κ2) is 3.70. The van der Waals surface area contributed by atoms with E-state index in [4.69, 9.17) is 0 Å². The van der Waals surface area contributed by atoms with Gasteiger partial charge >= 0.3 is 12.6 Å². The van der Waals surface area contributed by atoms with Gasteiger partial charge in [0.15, 0.2) is 0 Å². The molecular formula is C7H8F5NO. The van der Waals surface area contributed by atoms with Gasteiger partial charge in [-0.05, 0) is 12.8 Å². The third-order valence-electron chi connectivity index (χ3n) is 1.81. The molecule has 1 rings (SSSR count). The van der Waals surface area contributed by atoms with Crippen LogP contribution in [0.15, 0.2) is 0 Å². The van der Waals surface area contributed by atoms with Crippen molar-refractivity contribution in [3.05, 3.63) is 0 Å². The number of carbonyl (C=O) groups is 1. The van der Waals surface area contributed by atoms with E-state index in [9.17, 15) is 26.7 Å². The Bertz CT molecular complexity index is 223. The van der Waals surface area contributed by atoms with Gasteiger partial charge in [-0.3, -0.25) is 4.79 Å². The van der Waals surface area contributed by atoms with Crippen LogP contribution in [0.1, 0.15) is 12.8 Å². The lowest BCUT2D eigenvalue weighted by Crippen LogP contribution is -2.43. The molecule has 0 unspecified atom stereocenters. The molecule has 1 amide bonds. The first-order chi connectivity index (χ1) is 6.31. The van der Waals surface area contributed by atoms with Gasteiger partial charge in [0.2, 0.25) is 0 Å². The van der Waals surface area contributed by atoms with E-state index in [1.807, 2.05) is 0 Å². The molecule has 1 aliphatic rings. The summed E-state index contributed by atoms with van der Waals surface area (Å²) in [7, 11) is 0. The fourth-order valence-corrected chi connectivity index (χ4v) is 1.09. The van der Waals surface area contributed by atoms with Crippen molar-refractivity contribution in [1.82, 2.24) is 4.90 Å². The molecule has 1 aliphatic carbocycles. The van der Waals surface area contributed by atoms with Crippen molar-refractivity contribution in [3.8, 4) is 0 Å². The van der Waals surface area contributed by atoms with Crippen LogP contribution in [0, 0.1) is 0 Å². The van der Waals surface area contributed by atoms with Crippen LogP contribution in [-0.2, 0) is 4.79 Å². The Morgan fingerprint density at radius 3 is 2.14 bits per heavy atom. The Hall–Kier alpha value is -0.880. The van der Waals surface area contributed by atoms with Crippen molar-refractivity contribution in [2.45, 2.75) is 31.5 Å². The average Bonchev–Trinajstić information content (AvgIpc) is 2.79. The minimum absolute atomic E-state index is 0.213. The lowest BCUT2D eigenvalue weighted by atomic mass is 10.4. The van der Waals surface area contributed by atoms with Crippen molar-refractivity contribution in [2.24, 2.45) is 0 Å². The summed E-state index contributed by atoms with van der Waals surface area (Å²) in [5.74, 6) is -1.73. The van der Waals surface area contributed by atoms with Crippen LogP contribution in [0.4, 0.5) is 22.0 Å². The van der Waals surface area contributed by atoms with E-state index in [1.54, 1.807) is 0 Å². The van der Waals surface area contributed by atoms with Gasteiger partial charge in [0.25, 0.3) is 5.91 Å². The zero-order chi connectivity index (χ0) is 10.9. The molecule has 0 aromatic carbocycles. The van der Waals surface area contributed by atoms with Gasteiger partial charge in [0, 0.05) is 6.04 Å². The van der Waals surface area contributed by atoms with Crippen LogP contribution < -0.4 is 0 Å². The van der Waals surface area contributed by atoms with Gasteiger partial charge in [-0.2, -0.15) is 22.0 Å². The summed E-state index contributed by atoms with van der Waals surface area (Å²) < 4.78 is 59.4. The highest BCUT2D eigenvalue weighted by Crippen LogP contribution is 2.30. The lowest BCUT2D eigenvalue weighted by Gasteiger charge is -2.23. The molecule has 1 saturated carbocycles. The maximum atomic E-state index is 11.9. The number of hydrogen-bond donors (Lipinski definition) is 0. The third kappa shape index (κ3) is 3.12. The molecule has 0 aromatic rings. The minimum Gasteiger partial charge on any atom is -0.326 e. The van der Waals surface area contributed by atoms with Crippen molar-refractivity contribution in [1.29, 1.82) is 0 Å². The van der Waals surface area contributed by atoms with Crippen molar-refractivity contribution < 1.29 is 26.7 Å². The van der Waals surface area contributed by atoms with E-state index in [2.05, 4.69) is 0 Å². The quantitative estimate of drug-likeness (QED) is 0.660. The first-order valence-electron chi connectivity index (χ1n) is 3.96. The van der Waals surface area contributed by atoms with Gasteiger partial charge in [0.1, 0.15) is 6.54 Å². The molecule has 1 fully saturated rings. The molecule has 0 radical (unpaired) electrons. The fourth-order valence-electron chi connectivity index (χ4n) is 1.09. The molecule has 14 heavy (non-hydrogen) atoms. The molecule has 82 valence electrons. The predicted molar refractivity (Wildman–Crippen MR) is 36.8 cm³/mol. The molecule has 0 aliphatic heterocycles. The first kappa shape index (κ1) is 11.2. The Morgan fingerprint density at radius 2 is 1.86 bits per heavy atom. The number of hydrogen-bond acceptors (Lipinski definition) is 1. The molecule has 0 aromatic heterocycles. The van der Waals surface area contributed by atoms with E-state index < -0.39 is 31.1 Å². The monoisotopic (exact) mass is 217 g/mol. The maximum absolute atomic E-state index is 11.9. The van der Waals surface area contributed by atoms with Crippen LogP contribution in [0.2, 0.25) is 0 Å². The third-order valence-corrected chi connectivity index (χ3v) is 1.81. The van der Waals surface area contributed by atoms with Gasteiger partial charge in [0.05, 0.1) is 0 Å². The minimum atomic E-state index is -4.62. The summed E-state index contributed by atoms with van der Waals surface area (Å²) in [5.41, 5.74) is 0. The molecule has 0 saturated heterocycles.